The average molecular weight is 275 g/mol. The van der Waals surface area contributed by atoms with Gasteiger partial charge in [-0.3, -0.25) is 4.79 Å². The molecule has 0 radical (unpaired) electrons. The van der Waals surface area contributed by atoms with Gasteiger partial charge >= 0.3 is 5.97 Å². The molecule has 1 unspecified atom stereocenters. The number of nitrogens with one attached hydrogen (secondary N) is 1. The van der Waals surface area contributed by atoms with Crippen molar-refractivity contribution in [2.24, 2.45) is 5.92 Å². The predicted molar refractivity (Wildman–Crippen MR) is 80.6 cm³/mol. The number of carbonyl (C=O) groups excluding carboxylic acids is 1. The van der Waals surface area contributed by atoms with Crippen LogP contribution in [0.1, 0.15) is 37.8 Å². The Hall–Kier alpha value is -2.10. The molecule has 0 saturated carbocycles. The van der Waals surface area contributed by atoms with Crippen LogP contribution in [0.5, 0.6) is 0 Å². The van der Waals surface area contributed by atoms with Gasteiger partial charge in [0.2, 0.25) is 5.91 Å². The van der Waals surface area contributed by atoms with E-state index in [0.29, 0.717) is 12.3 Å². The Bertz CT molecular complexity index is 520. The van der Waals surface area contributed by atoms with Gasteiger partial charge in [-0.05, 0) is 42.2 Å². The summed E-state index contributed by atoms with van der Waals surface area (Å²) >= 11 is 0. The second kappa shape index (κ2) is 7.48. The highest BCUT2D eigenvalue weighted by Gasteiger charge is 2.08. The number of hydrogen-bond donors (Lipinski definition) is 2. The van der Waals surface area contributed by atoms with E-state index in [-0.39, 0.29) is 5.91 Å². The van der Waals surface area contributed by atoms with Gasteiger partial charge in [-0.25, -0.2) is 4.79 Å². The highest BCUT2D eigenvalue weighted by Crippen LogP contribution is 2.18. The van der Waals surface area contributed by atoms with E-state index in [1.807, 2.05) is 19.9 Å². The van der Waals surface area contributed by atoms with Gasteiger partial charge < -0.3 is 10.4 Å². The van der Waals surface area contributed by atoms with Crippen molar-refractivity contribution in [2.75, 3.05) is 5.32 Å². The molecule has 1 amide bonds. The number of hydrogen-bond acceptors (Lipinski definition) is 2. The van der Waals surface area contributed by atoms with Crippen molar-refractivity contribution in [2.45, 2.75) is 33.6 Å². The Kier molecular flexibility index (Phi) is 5.97. The third kappa shape index (κ3) is 5.26. The fourth-order valence-electron chi connectivity index (χ4n) is 1.76. The lowest BCUT2D eigenvalue weighted by Gasteiger charge is -2.11. The molecule has 4 nitrogen and oxygen atoms in total. The number of amides is 1. The zero-order valence-electron chi connectivity index (χ0n) is 12.1. The first-order valence-corrected chi connectivity index (χ1v) is 6.74. The minimum Gasteiger partial charge on any atom is -0.478 e. The van der Waals surface area contributed by atoms with E-state index in [0.717, 1.165) is 29.3 Å². The molecule has 0 aromatic heterocycles. The second-order valence-electron chi connectivity index (χ2n) is 5.01. The van der Waals surface area contributed by atoms with Crippen molar-refractivity contribution in [1.29, 1.82) is 0 Å². The topological polar surface area (TPSA) is 66.4 Å². The summed E-state index contributed by atoms with van der Waals surface area (Å²) < 4.78 is 0. The quantitative estimate of drug-likeness (QED) is 0.781. The van der Waals surface area contributed by atoms with Gasteiger partial charge in [0.05, 0.1) is 0 Å². The van der Waals surface area contributed by atoms with Gasteiger partial charge in [-0.2, -0.15) is 0 Å². The van der Waals surface area contributed by atoms with Crippen LogP contribution >= 0.6 is 0 Å². The van der Waals surface area contributed by atoms with Crippen LogP contribution in [-0.2, 0) is 9.59 Å². The Morgan fingerprint density at radius 3 is 2.65 bits per heavy atom. The monoisotopic (exact) mass is 275 g/mol. The highest BCUT2D eigenvalue weighted by atomic mass is 16.4. The summed E-state index contributed by atoms with van der Waals surface area (Å²) in [4.78, 5) is 22.3. The van der Waals surface area contributed by atoms with E-state index < -0.39 is 5.97 Å². The van der Waals surface area contributed by atoms with Crippen molar-refractivity contribution >= 4 is 23.6 Å². The smallest absolute Gasteiger partial charge is 0.328 e. The molecule has 108 valence electrons. The molecule has 0 aliphatic carbocycles. The first-order chi connectivity index (χ1) is 9.42. The normalized spacial score (nSPS) is 12.3. The number of aryl methyl sites for hydroxylation is 1. The number of carbonyl (C=O) groups is 2. The maximum absolute atomic E-state index is 11.8. The Balaban J connectivity index is 2.73. The maximum atomic E-state index is 11.8. The molecule has 0 fully saturated rings. The van der Waals surface area contributed by atoms with Crippen LogP contribution in [0.15, 0.2) is 24.3 Å². The zero-order valence-corrected chi connectivity index (χ0v) is 12.1. The summed E-state index contributed by atoms with van der Waals surface area (Å²) in [6, 6.07) is 5.43. The van der Waals surface area contributed by atoms with E-state index in [1.54, 1.807) is 12.1 Å². The number of aliphatic carboxylic acids is 1. The maximum Gasteiger partial charge on any atom is 0.328 e. The molecule has 0 spiro atoms. The van der Waals surface area contributed by atoms with Gasteiger partial charge in [0.15, 0.2) is 0 Å². The van der Waals surface area contributed by atoms with Crippen molar-refractivity contribution in [3.63, 3.8) is 0 Å². The molecule has 0 bridgehead atoms. The Labute approximate surface area is 119 Å². The number of carboxylic acids is 1. The molecule has 20 heavy (non-hydrogen) atoms. The first-order valence-electron chi connectivity index (χ1n) is 6.74. The van der Waals surface area contributed by atoms with Gasteiger partial charge in [0.25, 0.3) is 0 Å². The molecular weight excluding hydrogens is 254 g/mol. The number of carboxylic acid groups (broad SMARTS) is 1. The van der Waals surface area contributed by atoms with Crippen molar-refractivity contribution in [1.82, 2.24) is 0 Å². The number of rotatable bonds is 6. The molecule has 2 N–H and O–H groups in total. The number of benzene rings is 1. The van der Waals surface area contributed by atoms with Gasteiger partial charge in [0.1, 0.15) is 0 Å². The molecule has 1 aromatic carbocycles. The average Bonchev–Trinajstić information content (AvgIpc) is 2.38. The van der Waals surface area contributed by atoms with E-state index >= 15 is 0 Å². The van der Waals surface area contributed by atoms with Gasteiger partial charge in [0, 0.05) is 18.2 Å². The minimum absolute atomic E-state index is 0.0104. The van der Waals surface area contributed by atoms with Gasteiger partial charge in [-0.1, -0.05) is 26.3 Å². The molecule has 0 aliphatic rings. The third-order valence-corrected chi connectivity index (χ3v) is 3.17. The molecule has 0 heterocycles. The predicted octanol–water partition coefficient (Wildman–Crippen LogP) is 3.47. The van der Waals surface area contributed by atoms with Crippen molar-refractivity contribution in [3.8, 4) is 0 Å². The summed E-state index contributed by atoms with van der Waals surface area (Å²) in [7, 11) is 0. The van der Waals surface area contributed by atoms with E-state index in [2.05, 4.69) is 12.2 Å². The largest absolute Gasteiger partial charge is 0.478 e. The van der Waals surface area contributed by atoms with Crippen molar-refractivity contribution < 1.29 is 14.7 Å². The minimum atomic E-state index is -0.978. The van der Waals surface area contributed by atoms with Crippen LogP contribution in [0.3, 0.4) is 0 Å². The van der Waals surface area contributed by atoms with Crippen molar-refractivity contribution in [3.05, 3.63) is 35.4 Å². The van der Waals surface area contributed by atoms with Gasteiger partial charge in [-0.15, -0.1) is 0 Å². The SMILES string of the molecule is CCC(C)CC(=O)Nc1ccc(/C=C/C(=O)O)cc1C. The molecule has 1 rings (SSSR count). The molecule has 1 atom stereocenters. The van der Waals surface area contributed by atoms with Crippen LogP contribution in [0.2, 0.25) is 0 Å². The molecular formula is C16H21NO3. The van der Waals surface area contributed by atoms with Crippen LogP contribution in [-0.4, -0.2) is 17.0 Å². The van der Waals surface area contributed by atoms with Crippen LogP contribution < -0.4 is 5.32 Å². The zero-order chi connectivity index (χ0) is 15.1. The lowest BCUT2D eigenvalue weighted by atomic mass is 10.0. The summed E-state index contributed by atoms with van der Waals surface area (Å²) in [5.41, 5.74) is 2.48. The fourth-order valence-corrected chi connectivity index (χ4v) is 1.76. The molecule has 0 aliphatic heterocycles. The Morgan fingerprint density at radius 2 is 2.10 bits per heavy atom. The summed E-state index contributed by atoms with van der Waals surface area (Å²) in [6.07, 6.45) is 4.11. The Morgan fingerprint density at radius 1 is 1.40 bits per heavy atom. The lowest BCUT2D eigenvalue weighted by molar-refractivity contribution is -0.131. The molecule has 4 heteroatoms. The summed E-state index contributed by atoms with van der Waals surface area (Å²) in [5, 5.41) is 11.5. The standard InChI is InChI=1S/C16H21NO3/c1-4-11(2)9-15(18)17-14-7-5-13(10-12(14)3)6-8-16(19)20/h5-8,10-11H,4,9H2,1-3H3,(H,17,18)(H,19,20)/b8-6+. The second-order valence-corrected chi connectivity index (χ2v) is 5.01. The van der Waals surface area contributed by atoms with Crippen LogP contribution in [0.25, 0.3) is 6.08 Å². The summed E-state index contributed by atoms with van der Waals surface area (Å²) in [5.74, 6) is -0.599. The fraction of sp³-hybridized carbons (Fsp3) is 0.375. The molecule has 0 saturated heterocycles. The lowest BCUT2D eigenvalue weighted by Crippen LogP contribution is -2.15. The van der Waals surface area contributed by atoms with E-state index in [4.69, 9.17) is 5.11 Å². The number of anilines is 1. The van der Waals surface area contributed by atoms with E-state index in [1.165, 1.54) is 6.08 Å². The highest BCUT2D eigenvalue weighted by molar-refractivity contribution is 5.92. The van der Waals surface area contributed by atoms with E-state index in [9.17, 15) is 9.59 Å². The van der Waals surface area contributed by atoms with Crippen LogP contribution in [0, 0.1) is 12.8 Å². The first kappa shape index (κ1) is 16.0. The summed E-state index contributed by atoms with van der Waals surface area (Å²) in [6.45, 7) is 6.00. The third-order valence-electron chi connectivity index (χ3n) is 3.17. The van der Waals surface area contributed by atoms with Crippen LogP contribution in [0.4, 0.5) is 5.69 Å². The molecule has 1 aromatic rings.